The Morgan fingerprint density at radius 2 is 1.12 bits per heavy atom. The third-order valence-electron chi connectivity index (χ3n) is 5.58. The van der Waals surface area contributed by atoms with E-state index in [-0.39, 0.29) is 35.7 Å². The van der Waals surface area contributed by atoms with Gasteiger partial charge in [-0.05, 0) is 11.8 Å². The fourth-order valence-electron chi connectivity index (χ4n) is 2.73. The van der Waals surface area contributed by atoms with Gasteiger partial charge in [-0.2, -0.15) is 0 Å². The van der Waals surface area contributed by atoms with Crippen LogP contribution >= 0.6 is 23.5 Å². The van der Waals surface area contributed by atoms with Gasteiger partial charge in [0.15, 0.2) is 0 Å². The molecular formula is C22H40N4O6S2. The van der Waals surface area contributed by atoms with E-state index in [1.807, 2.05) is 23.6 Å². The van der Waals surface area contributed by atoms with E-state index in [1.54, 1.807) is 23.5 Å². The summed E-state index contributed by atoms with van der Waals surface area (Å²) in [5.41, 5.74) is 11.7. The molecule has 0 aromatic carbocycles. The SMILES string of the molecule is CC[C@@H](C)[C@H](N)C(=O)N1CCSC1.CC[C@@H](C)[C@H](N)C(=O)N1CCSC1.O=C(O)/C=C/C(=O)O. The molecule has 10 nitrogen and oxygen atoms in total. The number of hydrogen-bond acceptors (Lipinski definition) is 8. The molecule has 2 aliphatic rings. The van der Waals surface area contributed by atoms with Gasteiger partial charge in [-0.3, -0.25) is 9.59 Å². The molecule has 0 aromatic rings. The van der Waals surface area contributed by atoms with Crippen molar-refractivity contribution >= 4 is 47.3 Å². The van der Waals surface area contributed by atoms with Crippen LogP contribution in [0.4, 0.5) is 0 Å². The fraction of sp³-hybridized carbons (Fsp3) is 0.727. The number of carboxylic acid groups (broad SMARTS) is 2. The number of nitrogens with two attached hydrogens (primary N) is 2. The van der Waals surface area contributed by atoms with E-state index in [0.717, 1.165) is 49.2 Å². The molecule has 2 rings (SSSR count). The Balaban J connectivity index is 0.000000497. The Bertz CT molecular complexity index is 626. The van der Waals surface area contributed by atoms with Crippen LogP contribution in [0, 0.1) is 11.8 Å². The maximum atomic E-state index is 11.7. The molecule has 2 aliphatic heterocycles. The molecule has 2 saturated heterocycles. The van der Waals surface area contributed by atoms with Gasteiger partial charge in [0.1, 0.15) is 0 Å². The van der Waals surface area contributed by atoms with Crippen molar-refractivity contribution in [2.75, 3.05) is 36.3 Å². The molecule has 0 aliphatic carbocycles. The van der Waals surface area contributed by atoms with Crippen LogP contribution in [-0.2, 0) is 19.2 Å². The van der Waals surface area contributed by atoms with Crippen LogP contribution in [0.25, 0.3) is 0 Å². The Labute approximate surface area is 210 Å². The molecule has 0 unspecified atom stereocenters. The summed E-state index contributed by atoms with van der Waals surface area (Å²) in [5.74, 6) is 2.07. The molecule has 6 N–H and O–H groups in total. The lowest BCUT2D eigenvalue weighted by molar-refractivity contribution is -0.134. The van der Waals surface area contributed by atoms with E-state index < -0.39 is 11.9 Å². The van der Waals surface area contributed by atoms with Gasteiger partial charge in [0.05, 0.1) is 23.8 Å². The monoisotopic (exact) mass is 520 g/mol. The quantitative estimate of drug-likeness (QED) is 0.344. The Kier molecular flexibility index (Phi) is 16.7. The molecular weight excluding hydrogens is 480 g/mol. The molecule has 12 heteroatoms. The van der Waals surface area contributed by atoms with Gasteiger partial charge in [0.2, 0.25) is 11.8 Å². The summed E-state index contributed by atoms with van der Waals surface area (Å²) < 4.78 is 0. The zero-order chi connectivity index (χ0) is 26.3. The third-order valence-corrected chi connectivity index (χ3v) is 7.51. The first kappa shape index (κ1) is 32.2. The van der Waals surface area contributed by atoms with Gasteiger partial charge in [0, 0.05) is 36.7 Å². The van der Waals surface area contributed by atoms with Crippen molar-refractivity contribution in [2.45, 2.75) is 52.6 Å². The summed E-state index contributed by atoms with van der Waals surface area (Å²) in [5, 5.41) is 15.6. The van der Waals surface area contributed by atoms with Crippen molar-refractivity contribution in [1.29, 1.82) is 0 Å². The normalized spacial score (nSPS) is 18.8. The first-order valence-electron chi connectivity index (χ1n) is 11.3. The highest BCUT2D eigenvalue weighted by Crippen LogP contribution is 2.17. The fourth-order valence-corrected chi connectivity index (χ4v) is 4.65. The van der Waals surface area contributed by atoms with Crippen molar-refractivity contribution in [2.24, 2.45) is 23.3 Å². The number of carbonyl (C=O) groups is 4. The molecule has 0 bridgehead atoms. The Morgan fingerprint density at radius 1 is 0.794 bits per heavy atom. The van der Waals surface area contributed by atoms with Gasteiger partial charge >= 0.3 is 11.9 Å². The van der Waals surface area contributed by atoms with E-state index in [1.165, 1.54) is 0 Å². The van der Waals surface area contributed by atoms with Gasteiger partial charge in [-0.15, -0.1) is 23.5 Å². The average Bonchev–Trinajstić information content (AvgIpc) is 3.55. The Morgan fingerprint density at radius 3 is 1.32 bits per heavy atom. The lowest BCUT2D eigenvalue weighted by Crippen LogP contribution is -2.45. The minimum Gasteiger partial charge on any atom is -0.478 e. The summed E-state index contributed by atoms with van der Waals surface area (Å²) in [7, 11) is 0. The lowest BCUT2D eigenvalue weighted by Gasteiger charge is -2.23. The van der Waals surface area contributed by atoms with E-state index >= 15 is 0 Å². The van der Waals surface area contributed by atoms with Crippen molar-refractivity contribution in [3.05, 3.63) is 12.2 Å². The third kappa shape index (κ3) is 12.6. The minimum absolute atomic E-state index is 0.124. The average molecular weight is 521 g/mol. The second kappa shape index (κ2) is 17.6. The number of carbonyl (C=O) groups excluding carboxylic acids is 2. The predicted octanol–water partition coefficient (Wildman–Crippen LogP) is 1.50. The molecule has 2 amide bonds. The maximum absolute atomic E-state index is 11.7. The maximum Gasteiger partial charge on any atom is 0.328 e. The zero-order valence-electron chi connectivity index (χ0n) is 20.5. The molecule has 196 valence electrons. The van der Waals surface area contributed by atoms with E-state index in [0.29, 0.717) is 12.2 Å². The van der Waals surface area contributed by atoms with E-state index in [9.17, 15) is 19.2 Å². The van der Waals surface area contributed by atoms with Crippen LogP contribution in [0.2, 0.25) is 0 Å². The van der Waals surface area contributed by atoms with Crippen LogP contribution in [0.1, 0.15) is 40.5 Å². The number of rotatable bonds is 8. The first-order chi connectivity index (χ1) is 16.0. The topological polar surface area (TPSA) is 167 Å². The highest BCUT2D eigenvalue weighted by molar-refractivity contribution is 7.99. The molecule has 2 fully saturated rings. The molecule has 0 saturated carbocycles. The molecule has 0 aromatic heterocycles. The van der Waals surface area contributed by atoms with Crippen LogP contribution in [0.15, 0.2) is 12.2 Å². The first-order valence-corrected chi connectivity index (χ1v) is 13.6. The van der Waals surface area contributed by atoms with Crippen molar-refractivity contribution in [3.8, 4) is 0 Å². The summed E-state index contributed by atoms with van der Waals surface area (Å²) in [6.07, 6.45) is 3.05. The zero-order valence-corrected chi connectivity index (χ0v) is 22.1. The minimum atomic E-state index is -1.26. The molecule has 0 radical (unpaired) electrons. The van der Waals surface area contributed by atoms with Crippen molar-refractivity contribution in [3.63, 3.8) is 0 Å². The number of carboxylic acids is 2. The van der Waals surface area contributed by atoms with Gasteiger partial charge < -0.3 is 31.5 Å². The number of aliphatic carboxylic acids is 2. The van der Waals surface area contributed by atoms with E-state index in [4.69, 9.17) is 21.7 Å². The van der Waals surface area contributed by atoms with Gasteiger partial charge in [-0.1, -0.05) is 40.5 Å². The highest BCUT2D eigenvalue weighted by atomic mass is 32.2. The van der Waals surface area contributed by atoms with Crippen LogP contribution in [0.3, 0.4) is 0 Å². The summed E-state index contributed by atoms with van der Waals surface area (Å²) >= 11 is 3.59. The number of nitrogens with zero attached hydrogens (tertiary/aromatic N) is 2. The van der Waals surface area contributed by atoms with Gasteiger partial charge in [0.25, 0.3) is 0 Å². The highest BCUT2D eigenvalue weighted by Gasteiger charge is 2.27. The molecule has 34 heavy (non-hydrogen) atoms. The number of thioether (sulfide) groups is 2. The van der Waals surface area contributed by atoms with Crippen LogP contribution < -0.4 is 11.5 Å². The summed E-state index contributed by atoms with van der Waals surface area (Å²) in [6, 6.07) is -0.604. The smallest absolute Gasteiger partial charge is 0.328 e. The standard InChI is InChI=1S/2C9H18N2OS.C4H4O4/c2*1-3-7(2)8(10)9(12)11-4-5-13-6-11;5-3(6)1-2-4(7)8/h2*7-8H,3-6,10H2,1-2H3;1-2H,(H,5,6)(H,7,8)/b;;2-1+/t2*7-,8+;/m11./s1. The summed E-state index contributed by atoms with van der Waals surface area (Å²) in [6.45, 7) is 9.94. The second-order valence-electron chi connectivity index (χ2n) is 8.11. The second-order valence-corrected chi connectivity index (χ2v) is 10.3. The van der Waals surface area contributed by atoms with Crippen LogP contribution in [0.5, 0.6) is 0 Å². The largest absolute Gasteiger partial charge is 0.478 e. The predicted molar refractivity (Wildman–Crippen MR) is 137 cm³/mol. The van der Waals surface area contributed by atoms with Crippen molar-refractivity contribution < 1.29 is 29.4 Å². The van der Waals surface area contributed by atoms with Crippen LogP contribution in [-0.4, -0.2) is 92.2 Å². The molecule has 0 spiro atoms. The lowest BCUT2D eigenvalue weighted by atomic mass is 9.99. The van der Waals surface area contributed by atoms with Gasteiger partial charge in [-0.25, -0.2) is 9.59 Å². The number of hydrogen-bond donors (Lipinski definition) is 4. The Hall–Kier alpha value is -1.76. The number of amides is 2. The van der Waals surface area contributed by atoms with Crippen molar-refractivity contribution in [1.82, 2.24) is 9.80 Å². The molecule has 2 heterocycles. The molecule has 4 atom stereocenters. The van der Waals surface area contributed by atoms with E-state index in [2.05, 4.69) is 13.8 Å². The summed E-state index contributed by atoms with van der Waals surface area (Å²) in [4.78, 5) is 46.3.